The summed E-state index contributed by atoms with van der Waals surface area (Å²) in [5.41, 5.74) is 5.87. The van der Waals surface area contributed by atoms with Crippen LogP contribution in [0.2, 0.25) is 0 Å². The highest BCUT2D eigenvalue weighted by atomic mass is 15.1. The summed E-state index contributed by atoms with van der Waals surface area (Å²) >= 11 is 0. The van der Waals surface area contributed by atoms with Crippen molar-refractivity contribution in [3.63, 3.8) is 0 Å². The summed E-state index contributed by atoms with van der Waals surface area (Å²) in [5, 5.41) is 1.50. The van der Waals surface area contributed by atoms with Gasteiger partial charge < -0.3 is 9.88 Å². The summed E-state index contributed by atoms with van der Waals surface area (Å²) in [5.74, 6) is 0. The summed E-state index contributed by atoms with van der Waals surface area (Å²) in [7, 11) is 4.40. The molecule has 1 aliphatic carbocycles. The Morgan fingerprint density at radius 3 is 2.89 bits per heavy atom. The van der Waals surface area contributed by atoms with Crippen molar-refractivity contribution < 1.29 is 0 Å². The molecule has 0 unspecified atom stereocenters. The normalized spacial score (nSPS) is 19.4. The minimum atomic E-state index is 0.696. The van der Waals surface area contributed by atoms with Crippen LogP contribution >= 0.6 is 0 Å². The van der Waals surface area contributed by atoms with Crippen LogP contribution in [0.25, 0.3) is 10.9 Å². The molecule has 1 aromatic heterocycles. The summed E-state index contributed by atoms with van der Waals surface area (Å²) < 4.78 is 0. The SMILES string of the molecule is CCc1cccc2[nH]c3c(c12)C[C@@H](N(C)C)CC3. The number of aromatic amines is 1. The molecule has 0 radical (unpaired) electrons. The first-order valence-corrected chi connectivity index (χ1v) is 6.98. The maximum absolute atomic E-state index is 3.63. The number of aromatic nitrogens is 1. The van der Waals surface area contributed by atoms with Crippen molar-refractivity contribution in [2.75, 3.05) is 14.1 Å². The van der Waals surface area contributed by atoms with Crippen LogP contribution in [0, 0.1) is 0 Å². The molecule has 0 aliphatic heterocycles. The average molecular weight is 242 g/mol. The van der Waals surface area contributed by atoms with Gasteiger partial charge in [0.15, 0.2) is 0 Å². The Hall–Kier alpha value is -1.28. The van der Waals surface area contributed by atoms with Crippen molar-refractivity contribution in [3.05, 3.63) is 35.0 Å². The van der Waals surface area contributed by atoms with Gasteiger partial charge in [-0.3, -0.25) is 0 Å². The minimum Gasteiger partial charge on any atom is -0.358 e. The molecular weight excluding hydrogens is 220 g/mol. The molecule has 1 aliphatic rings. The Labute approximate surface area is 109 Å². The number of rotatable bonds is 2. The van der Waals surface area contributed by atoms with Crippen LogP contribution in [0.15, 0.2) is 18.2 Å². The Morgan fingerprint density at radius 1 is 1.33 bits per heavy atom. The van der Waals surface area contributed by atoms with Crippen molar-refractivity contribution in [1.29, 1.82) is 0 Å². The van der Waals surface area contributed by atoms with Gasteiger partial charge in [-0.25, -0.2) is 0 Å². The highest BCUT2D eigenvalue weighted by molar-refractivity contribution is 5.88. The Kier molecular flexibility index (Phi) is 2.90. The standard InChI is InChI=1S/C16H22N2/c1-4-11-6-5-7-15-16(11)13-10-12(18(2)3)8-9-14(13)17-15/h5-7,12,17H,4,8-10H2,1-3H3/t12-/m0/s1. The van der Waals surface area contributed by atoms with Crippen LogP contribution in [-0.2, 0) is 19.3 Å². The molecule has 2 nitrogen and oxygen atoms in total. The van der Waals surface area contributed by atoms with E-state index in [1.54, 1.807) is 5.56 Å². The summed E-state index contributed by atoms with van der Waals surface area (Å²) in [4.78, 5) is 6.00. The molecule has 1 atom stereocenters. The van der Waals surface area contributed by atoms with Gasteiger partial charge in [-0.05, 0) is 57.0 Å². The first-order valence-electron chi connectivity index (χ1n) is 6.98. The van der Waals surface area contributed by atoms with Crippen LogP contribution < -0.4 is 0 Å². The molecule has 96 valence electrons. The van der Waals surface area contributed by atoms with Crippen LogP contribution in [-0.4, -0.2) is 30.0 Å². The van der Waals surface area contributed by atoms with Gasteiger partial charge in [0.1, 0.15) is 0 Å². The van der Waals surface area contributed by atoms with Gasteiger partial charge in [0, 0.05) is 22.6 Å². The second-order valence-corrected chi connectivity index (χ2v) is 5.64. The number of fused-ring (bicyclic) bond motifs is 3. The molecule has 1 N–H and O–H groups in total. The van der Waals surface area contributed by atoms with Gasteiger partial charge in [0.05, 0.1) is 0 Å². The van der Waals surface area contributed by atoms with E-state index in [4.69, 9.17) is 0 Å². The van der Waals surface area contributed by atoms with E-state index < -0.39 is 0 Å². The van der Waals surface area contributed by atoms with Crippen molar-refractivity contribution in [2.24, 2.45) is 0 Å². The van der Waals surface area contributed by atoms with Gasteiger partial charge in [0.2, 0.25) is 0 Å². The lowest BCUT2D eigenvalue weighted by atomic mass is 9.89. The number of nitrogens with zero attached hydrogens (tertiary/aromatic N) is 1. The predicted octanol–water partition coefficient (Wildman–Crippen LogP) is 3.15. The number of hydrogen-bond donors (Lipinski definition) is 1. The van der Waals surface area contributed by atoms with Crippen molar-refractivity contribution >= 4 is 10.9 Å². The lowest BCUT2D eigenvalue weighted by Gasteiger charge is -2.28. The van der Waals surface area contributed by atoms with Crippen LogP contribution in [0.1, 0.15) is 30.2 Å². The number of hydrogen-bond acceptors (Lipinski definition) is 1. The lowest BCUT2D eigenvalue weighted by molar-refractivity contribution is 0.268. The molecule has 0 saturated heterocycles. The first kappa shape index (κ1) is 11.8. The summed E-state index contributed by atoms with van der Waals surface area (Å²) in [6.45, 7) is 2.25. The Balaban J connectivity index is 2.14. The fourth-order valence-electron chi connectivity index (χ4n) is 3.27. The molecular formula is C16H22N2. The molecule has 1 aromatic carbocycles. The third kappa shape index (κ3) is 1.76. The van der Waals surface area contributed by atoms with E-state index in [-0.39, 0.29) is 0 Å². The highest BCUT2D eigenvalue weighted by Crippen LogP contribution is 2.32. The monoisotopic (exact) mass is 242 g/mol. The van der Waals surface area contributed by atoms with Crippen LogP contribution in [0.4, 0.5) is 0 Å². The highest BCUT2D eigenvalue weighted by Gasteiger charge is 2.24. The smallest absolute Gasteiger partial charge is 0.0461 e. The average Bonchev–Trinajstić information content (AvgIpc) is 2.75. The number of benzene rings is 1. The second-order valence-electron chi connectivity index (χ2n) is 5.64. The lowest BCUT2D eigenvalue weighted by Crippen LogP contribution is -2.33. The third-order valence-electron chi connectivity index (χ3n) is 4.38. The molecule has 0 fully saturated rings. The molecule has 0 amide bonds. The molecule has 18 heavy (non-hydrogen) atoms. The topological polar surface area (TPSA) is 19.0 Å². The third-order valence-corrected chi connectivity index (χ3v) is 4.38. The zero-order chi connectivity index (χ0) is 12.7. The zero-order valence-electron chi connectivity index (χ0n) is 11.6. The van der Waals surface area contributed by atoms with E-state index >= 15 is 0 Å². The molecule has 3 rings (SSSR count). The Morgan fingerprint density at radius 2 is 2.17 bits per heavy atom. The van der Waals surface area contributed by atoms with E-state index in [2.05, 4.69) is 49.1 Å². The van der Waals surface area contributed by atoms with E-state index in [0.29, 0.717) is 6.04 Å². The second kappa shape index (κ2) is 4.43. The maximum Gasteiger partial charge on any atom is 0.0461 e. The number of aryl methyl sites for hydroxylation is 2. The molecule has 2 heteroatoms. The van der Waals surface area contributed by atoms with E-state index in [9.17, 15) is 0 Å². The van der Waals surface area contributed by atoms with Crippen LogP contribution in [0.5, 0.6) is 0 Å². The fraction of sp³-hybridized carbons (Fsp3) is 0.500. The van der Waals surface area contributed by atoms with Crippen LogP contribution in [0.3, 0.4) is 0 Å². The molecule has 0 spiro atoms. The summed E-state index contributed by atoms with van der Waals surface area (Å²) in [6.07, 6.45) is 4.78. The van der Waals surface area contributed by atoms with E-state index in [1.807, 2.05) is 0 Å². The van der Waals surface area contributed by atoms with Gasteiger partial charge in [-0.15, -0.1) is 0 Å². The van der Waals surface area contributed by atoms with Gasteiger partial charge >= 0.3 is 0 Å². The quantitative estimate of drug-likeness (QED) is 0.857. The minimum absolute atomic E-state index is 0.696. The van der Waals surface area contributed by atoms with E-state index in [1.165, 1.54) is 41.4 Å². The molecule has 0 saturated carbocycles. The first-order chi connectivity index (χ1) is 8.70. The van der Waals surface area contributed by atoms with E-state index in [0.717, 1.165) is 6.42 Å². The predicted molar refractivity (Wildman–Crippen MR) is 77.2 cm³/mol. The van der Waals surface area contributed by atoms with Crippen molar-refractivity contribution in [1.82, 2.24) is 9.88 Å². The number of H-pyrrole nitrogens is 1. The number of likely N-dealkylation sites (N-methyl/N-ethyl adjacent to an activating group) is 1. The Bertz CT molecular complexity index is 566. The van der Waals surface area contributed by atoms with Gasteiger partial charge in [-0.2, -0.15) is 0 Å². The van der Waals surface area contributed by atoms with Gasteiger partial charge in [-0.1, -0.05) is 19.1 Å². The largest absolute Gasteiger partial charge is 0.358 e. The van der Waals surface area contributed by atoms with Crippen molar-refractivity contribution in [2.45, 2.75) is 38.6 Å². The van der Waals surface area contributed by atoms with Gasteiger partial charge in [0.25, 0.3) is 0 Å². The maximum atomic E-state index is 3.63. The zero-order valence-corrected chi connectivity index (χ0v) is 11.6. The van der Waals surface area contributed by atoms with Crippen molar-refractivity contribution in [3.8, 4) is 0 Å². The number of nitrogens with one attached hydrogen (secondary N) is 1. The fourth-order valence-corrected chi connectivity index (χ4v) is 3.27. The molecule has 0 bridgehead atoms. The molecule has 2 aromatic rings. The molecule has 1 heterocycles. The summed E-state index contributed by atoms with van der Waals surface area (Å²) in [6, 6.07) is 7.36.